The van der Waals surface area contributed by atoms with E-state index in [1.807, 2.05) is 27.2 Å². The van der Waals surface area contributed by atoms with Crippen molar-refractivity contribution in [2.24, 2.45) is 0 Å². The molecule has 0 aromatic carbocycles. The van der Waals surface area contributed by atoms with Crippen LogP contribution >= 0.6 is 0 Å². The third-order valence-electron chi connectivity index (χ3n) is 1.24. The Morgan fingerprint density at radius 1 is 1.33 bits per heavy atom. The molecule has 1 heterocycles. The van der Waals surface area contributed by atoms with Gasteiger partial charge in [0.1, 0.15) is 0 Å². The first-order valence-corrected chi connectivity index (χ1v) is 3.59. The summed E-state index contributed by atoms with van der Waals surface area (Å²) in [6, 6.07) is 0. The summed E-state index contributed by atoms with van der Waals surface area (Å²) in [5.74, 6) is 0. The van der Waals surface area contributed by atoms with Gasteiger partial charge in [0, 0.05) is 0 Å². The molecule has 12 heavy (non-hydrogen) atoms. The van der Waals surface area contributed by atoms with E-state index in [2.05, 4.69) is 4.42 Å². The van der Waals surface area contributed by atoms with Crippen LogP contribution < -0.4 is 5.63 Å². The summed E-state index contributed by atoms with van der Waals surface area (Å²) in [4.78, 5) is 10.5. The standard InChI is InChI=1S/C6H7O2.C3H7.U/c1-4-3-8-6(7)5(4)2;1-3-2;/h3H,1-2H3;3H,1-2H3;/q2*-1;+2. The Morgan fingerprint density at radius 2 is 1.75 bits per heavy atom. The van der Waals surface area contributed by atoms with Gasteiger partial charge in [-0.3, -0.25) is 0 Å². The molecule has 0 amide bonds. The van der Waals surface area contributed by atoms with Gasteiger partial charge in [-0.2, -0.15) is 13.8 Å². The molecule has 1 aromatic rings. The van der Waals surface area contributed by atoms with E-state index < -0.39 is 0 Å². The molecule has 0 saturated heterocycles. The first kappa shape index (κ1) is 14.6. The molecule has 0 aliphatic heterocycles. The minimum absolute atomic E-state index is 0. The predicted octanol–water partition coefficient (Wildman–Crippen LogP) is 2.21. The van der Waals surface area contributed by atoms with Crippen molar-refractivity contribution in [3.63, 3.8) is 0 Å². The van der Waals surface area contributed by atoms with Gasteiger partial charge >= 0.3 is 31.1 Å². The minimum Gasteiger partial charge on any atom is -0.559 e. The molecule has 0 N–H and O–H groups in total. The van der Waals surface area contributed by atoms with Gasteiger partial charge in [0.05, 0.1) is 0 Å². The Balaban J connectivity index is 0. The zero-order chi connectivity index (χ0) is 8.85. The summed E-state index contributed by atoms with van der Waals surface area (Å²) in [5, 5.41) is 0. The van der Waals surface area contributed by atoms with Gasteiger partial charge in [-0.05, 0) is 6.26 Å². The fourth-order valence-corrected chi connectivity index (χ4v) is 0.480. The van der Waals surface area contributed by atoms with E-state index in [9.17, 15) is 4.79 Å². The molecular formula is C9H14O2U. The fourth-order valence-electron chi connectivity index (χ4n) is 0.480. The number of rotatable bonds is 0. The van der Waals surface area contributed by atoms with Crippen LogP contribution in [-0.2, 0) is 0 Å². The molecular weight excluding hydrogens is 378 g/mol. The van der Waals surface area contributed by atoms with Gasteiger partial charge in [0.2, 0.25) is 0 Å². The van der Waals surface area contributed by atoms with Gasteiger partial charge in [-0.25, -0.2) is 0 Å². The van der Waals surface area contributed by atoms with Crippen LogP contribution in [0.1, 0.15) is 25.0 Å². The van der Waals surface area contributed by atoms with Crippen molar-refractivity contribution < 1.29 is 35.5 Å². The largest absolute Gasteiger partial charge is 2.00 e. The molecule has 0 aliphatic rings. The first-order valence-electron chi connectivity index (χ1n) is 3.59. The van der Waals surface area contributed by atoms with Gasteiger partial charge in [0.25, 0.3) is 0 Å². The average molecular weight is 392 g/mol. The molecule has 0 saturated carbocycles. The van der Waals surface area contributed by atoms with Crippen molar-refractivity contribution in [1.82, 2.24) is 0 Å². The van der Waals surface area contributed by atoms with Crippen LogP contribution in [0.25, 0.3) is 0 Å². The summed E-state index contributed by atoms with van der Waals surface area (Å²) in [7, 11) is 0. The second-order valence-electron chi connectivity index (χ2n) is 2.41. The zero-order valence-electron chi connectivity index (χ0n) is 7.97. The second-order valence-corrected chi connectivity index (χ2v) is 2.41. The van der Waals surface area contributed by atoms with E-state index in [4.69, 9.17) is 0 Å². The molecule has 0 spiro atoms. The second kappa shape index (κ2) is 7.76. The predicted molar refractivity (Wildman–Crippen MR) is 45.7 cm³/mol. The Kier molecular flexibility index (Phi) is 9.48. The molecule has 0 unspecified atom stereocenters. The molecule has 2 nitrogen and oxygen atoms in total. The van der Waals surface area contributed by atoms with Crippen molar-refractivity contribution in [3.8, 4) is 0 Å². The summed E-state index contributed by atoms with van der Waals surface area (Å²) < 4.78 is 4.54. The zero-order valence-corrected chi connectivity index (χ0v) is 12.1. The SMILES string of the molecule is C[CH-]C.Cc1[cH-]oc(=O)c1C.[U+2]. The van der Waals surface area contributed by atoms with Crippen LogP contribution in [0.4, 0.5) is 0 Å². The summed E-state index contributed by atoms with van der Waals surface area (Å²) in [6.45, 7) is 7.60. The van der Waals surface area contributed by atoms with Crippen molar-refractivity contribution in [2.45, 2.75) is 27.7 Å². The van der Waals surface area contributed by atoms with Crippen LogP contribution in [0.3, 0.4) is 0 Å². The van der Waals surface area contributed by atoms with E-state index in [1.165, 1.54) is 6.26 Å². The van der Waals surface area contributed by atoms with Crippen molar-refractivity contribution >= 4 is 0 Å². The van der Waals surface area contributed by atoms with E-state index in [1.54, 1.807) is 6.92 Å². The number of hydrogen-bond donors (Lipinski definition) is 0. The van der Waals surface area contributed by atoms with Crippen molar-refractivity contribution in [2.75, 3.05) is 0 Å². The van der Waals surface area contributed by atoms with E-state index in [0.29, 0.717) is 5.56 Å². The third kappa shape index (κ3) is 4.90. The van der Waals surface area contributed by atoms with Gasteiger partial charge < -0.3 is 15.6 Å². The molecule has 0 aliphatic carbocycles. The minimum atomic E-state index is -0.220. The van der Waals surface area contributed by atoms with Crippen molar-refractivity contribution in [3.05, 3.63) is 34.2 Å². The molecule has 66 valence electrons. The monoisotopic (exact) mass is 392 g/mol. The Labute approximate surface area is 97.1 Å². The maximum Gasteiger partial charge on any atom is 2.00 e. The van der Waals surface area contributed by atoms with Crippen LogP contribution in [0.5, 0.6) is 0 Å². The molecule has 0 bridgehead atoms. The quantitative estimate of drug-likeness (QED) is 0.634. The Hall–Kier alpha value is 0.132. The summed E-state index contributed by atoms with van der Waals surface area (Å²) in [6.07, 6.45) is 3.47. The van der Waals surface area contributed by atoms with Gasteiger partial charge in [0.15, 0.2) is 5.63 Å². The Bertz CT molecular complexity index is 247. The average Bonchev–Trinajstić information content (AvgIpc) is 2.22. The molecule has 3 heteroatoms. The molecule has 1 rings (SSSR count). The van der Waals surface area contributed by atoms with Gasteiger partial charge in [-0.15, -0.1) is 11.1 Å². The topological polar surface area (TPSA) is 30.2 Å². The van der Waals surface area contributed by atoms with E-state index in [0.717, 1.165) is 5.56 Å². The smallest absolute Gasteiger partial charge is 0.559 e. The van der Waals surface area contributed by atoms with Crippen LogP contribution in [0.2, 0.25) is 0 Å². The normalized spacial score (nSPS) is 8.00. The van der Waals surface area contributed by atoms with E-state index >= 15 is 0 Å². The van der Waals surface area contributed by atoms with Crippen molar-refractivity contribution in [1.29, 1.82) is 0 Å². The maximum absolute atomic E-state index is 10.5. The summed E-state index contributed by atoms with van der Waals surface area (Å²) in [5.41, 5.74) is 1.42. The van der Waals surface area contributed by atoms with Crippen LogP contribution in [-0.4, -0.2) is 0 Å². The Morgan fingerprint density at radius 3 is 1.83 bits per heavy atom. The van der Waals surface area contributed by atoms with Crippen LogP contribution in [0, 0.1) is 51.4 Å². The van der Waals surface area contributed by atoms with Crippen LogP contribution in [0.15, 0.2) is 15.5 Å². The van der Waals surface area contributed by atoms with E-state index in [-0.39, 0.29) is 36.7 Å². The van der Waals surface area contributed by atoms with Gasteiger partial charge in [-0.1, -0.05) is 13.8 Å². The third-order valence-corrected chi connectivity index (χ3v) is 1.24. The molecule has 0 fully saturated rings. The maximum atomic E-state index is 10.5. The number of hydrogen-bond acceptors (Lipinski definition) is 2. The number of aryl methyl sites for hydroxylation is 1. The molecule has 0 radical (unpaired) electrons. The molecule has 0 atom stereocenters. The fraction of sp³-hybridized carbons (Fsp3) is 0.444. The first-order chi connectivity index (χ1) is 5.13. The molecule has 1 aromatic heterocycles. The number of furan rings is 1. The summed E-state index contributed by atoms with van der Waals surface area (Å²) >= 11 is 0.